The largest absolute Gasteiger partial charge is 0.416 e. The number of hydrogen-bond donors (Lipinski definition) is 1. The van der Waals surface area contributed by atoms with E-state index in [1.165, 1.54) is 28.8 Å². The summed E-state index contributed by atoms with van der Waals surface area (Å²) in [4.78, 5) is 26.4. The maximum absolute atomic E-state index is 12.9. The molecule has 1 heterocycles. The standard InChI is InChI=1S/C25H29F3N2O2S/c1-16(14-24(2,3)4)13-21(31)29-19-9-5-17(6-10-19)23-30(22(32)15-33-23)20-11-7-18(8-12-20)25(26,27)28/h5-12,16,23H,13-15H2,1-4H3,(H,29,31)/t16-,23+/m1/s1. The maximum Gasteiger partial charge on any atom is 0.416 e. The maximum atomic E-state index is 12.9. The third-order valence-corrected chi connectivity index (χ3v) is 6.53. The van der Waals surface area contributed by atoms with Gasteiger partial charge in [-0.3, -0.25) is 14.5 Å². The normalized spacial score (nSPS) is 17.8. The summed E-state index contributed by atoms with van der Waals surface area (Å²) in [5, 5.41) is 2.57. The van der Waals surface area contributed by atoms with Crippen LogP contribution in [0.1, 0.15) is 57.0 Å². The molecule has 1 saturated heterocycles. The second-order valence-corrected chi connectivity index (χ2v) is 10.8. The molecule has 3 rings (SSSR count). The van der Waals surface area contributed by atoms with Gasteiger partial charge in [0.25, 0.3) is 0 Å². The SMILES string of the molecule is C[C@H](CC(=O)Nc1ccc([C@@H]2SCC(=O)N2c2ccc(C(F)(F)F)cc2)cc1)CC(C)(C)C. The Morgan fingerprint density at radius 1 is 1.09 bits per heavy atom. The molecular formula is C25H29F3N2O2S. The predicted molar refractivity (Wildman–Crippen MR) is 127 cm³/mol. The zero-order valence-corrected chi connectivity index (χ0v) is 20.0. The minimum Gasteiger partial charge on any atom is -0.326 e. The predicted octanol–water partition coefficient (Wildman–Crippen LogP) is 6.88. The number of carbonyl (C=O) groups is 2. The highest BCUT2D eigenvalue weighted by molar-refractivity contribution is 8.00. The molecular weight excluding hydrogens is 449 g/mol. The van der Waals surface area contributed by atoms with Crippen molar-refractivity contribution < 1.29 is 22.8 Å². The van der Waals surface area contributed by atoms with Crippen LogP contribution in [0.4, 0.5) is 24.5 Å². The lowest BCUT2D eigenvalue weighted by Crippen LogP contribution is -2.27. The first kappa shape index (κ1) is 25.1. The summed E-state index contributed by atoms with van der Waals surface area (Å²) >= 11 is 1.42. The molecule has 33 heavy (non-hydrogen) atoms. The first-order valence-corrected chi connectivity index (χ1v) is 11.9. The fraction of sp³-hybridized carbons (Fsp3) is 0.440. The van der Waals surface area contributed by atoms with Gasteiger partial charge in [-0.2, -0.15) is 13.2 Å². The third kappa shape index (κ3) is 6.76. The molecule has 1 N–H and O–H groups in total. The molecule has 2 amide bonds. The highest BCUT2D eigenvalue weighted by Crippen LogP contribution is 2.42. The van der Waals surface area contributed by atoms with Gasteiger partial charge in [0.2, 0.25) is 11.8 Å². The van der Waals surface area contributed by atoms with Gasteiger partial charge < -0.3 is 5.32 Å². The van der Waals surface area contributed by atoms with Crippen LogP contribution >= 0.6 is 11.8 Å². The minimum absolute atomic E-state index is 0.0451. The summed E-state index contributed by atoms with van der Waals surface area (Å²) in [6.45, 7) is 8.53. The second kappa shape index (κ2) is 9.79. The van der Waals surface area contributed by atoms with Crippen molar-refractivity contribution in [1.29, 1.82) is 0 Å². The molecule has 0 spiro atoms. The van der Waals surface area contributed by atoms with Gasteiger partial charge in [0.15, 0.2) is 0 Å². The summed E-state index contributed by atoms with van der Waals surface area (Å²) in [7, 11) is 0. The summed E-state index contributed by atoms with van der Waals surface area (Å²) in [5.41, 5.74) is 1.34. The van der Waals surface area contributed by atoms with E-state index in [4.69, 9.17) is 0 Å². The van der Waals surface area contributed by atoms with Crippen LogP contribution in [0.15, 0.2) is 48.5 Å². The van der Waals surface area contributed by atoms with Crippen LogP contribution in [0.3, 0.4) is 0 Å². The molecule has 1 aliphatic rings. The molecule has 4 nitrogen and oxygen atoms in total. The van der Waals surface area contributed by atoms with Crippen LogP contribution in [0.2, 0.25) is 0 Å². The van der Waals surface area contributed by atoms with E-state index in [0.717, 1.165) is 24.1 Å². The zero-order chi connectivity index (χ0) is 24.4. The molecule has 0 aromatic heterocycles. The Labute approximate surface area is 196 Å². The van der Waals surface area contributed by atoms with Crippen LogP contribution in [0.25, 0.3) is 0 Å². The van der Waals surface area contributed by atoms with Gasteiger partial charge in [0.05, 0.1) is 11.3 Å². The number of hydrogen-bond acceptors (Lipinski definition) is 3. The summed E-state index contributed by atoms with van der Waals surface area (Å²) in [5.74, 6) is 0.310. The molecule has 0 aliphatic carbocycles. The first-order valence-electron chi connectivity index (χ1n) is 10.8. The van der Waals surface area contributed by atoms with Gasteiger partial charge in [-0.25, -0.2) is 0 Å². The molecule has 0 unspecified atom stereocenters. The van der Waals surface area contributed by atoms with Gasteiger partial charge in [-0.1, -0.05) is 39.8 Å². The van der Waals surface area contributed by atoms with E-state index in [1.54, 1.807) is 12.1 Å². The quantitative estimate of drug-likeness (QED) is 0.492. The molecule has 2 aromatic rings. The number of carbonyl (C=O) groups excluding carboxylic acids is 2. The smallest absolute Gasteiger partial charge is 0.326 e. The Morgan fingerprint density at radius 2 is 1.70 bits per heavy atom. The van der Waals surface area contributed by atoms with E-state index in [-0.39, 0.29) is 34.3 Å². The Kier molecular flexibility index (Phi) is 7.46. The van der Waals surface area contributed by atoms with Crippen LogP contribution in [-0.2, 0) is 15.8 Å². The van der Waals surface area contributed by atoms with Crippen molar-refractivity contribution >= 4 is 35.0 Å². The highest BCUT2D eigenvalue weighted by atomic mass is 32.2. The molecule has 2 atom stereocenters. The van der Waals surface area contributed by atoms with E-state index < -0.39 is 11.7 Å². The van der Waals surface area contributed by atoms with E-state index in [1.807, 2.05) is 12.1 Å². The Morgan fingerprint density at radius 3 is 2.24 bits per heavy atom. The monoisotopic (exact) mass is 478 g/mol. The number of rotatable bonds is 6. The number of amides is 2. The van der Waals surface area contributed by atoms with Gasteiger partial charge in [-0.05, 0) is 59.7 Å². The Hall–Kier alpha value is -2.48. The fourth-order valence-electron chi connectivity index (χ4n) is 4.14. The molecule has 2 aromatic carbocycles. The van der Waals surface area contributed by atoms with Crippen molar-refractivity contribution in [2.75, 3.05) is 16.0 Å². The second-order valence-electron chi connectivity index (χ2n) is 9.72. The van der Waals surface area contributed by atoms with Crippen molar-refractivity contribution in [2.45, 2.75) is 52.1 Å². The molecule has 178 valence electrons. The van der Waals surface area contributed by atoms with Crippen molar-refractivity contribution in [1.82, 2.24) is 0 Å². The van der Waals surface area contributed by atoms with E-state index in [0.29, 0.717) is 17.8 Å². The number of alkyl halides is 3. The van der Waals surface area contributed by atoms with Gasteiger partial charge in [-0.15, -0.1) is 11.8 Å². The number of nitrogens with zero attached hydrogens (tertiary/aromatic N) is 1. The van der Waals surface area contributed by atoms with Gasteiger partial charge in [0.1, 0.15) is 5.37 Å². The van der Waals surface area contributed by atoms with Crippen molar-refractivity contribution in [3.63, 3.8) is 0 Å². The minimum atomic E-state index is -4.42. The molecule has 1 aliphatic heterocycles. The first-order chi connectivity index (χ1) is 15.3. The number of halogens is 3. The van der Waals surface area contributed by atoms with Crippen LogP contribution in [0.5, 0.6) is 0 Å². The van der Waals surface area contributed by atoms with Crippen LogP contribution in [0, 0.1) is 11.3 Å². The number of thioether (sulfide) groups is 1. The number of anilines is 2. The average Bonchev–Trinajstić information content (AvgIpc) is 3.07. The van der Waals surface area contributed by atoms with Crippen LogP contribution < -0.4 is 10.2 Å². The van der Waals surface area contributed by atoms with Crippen molar-refractivity contribution in [2.24, 2.45) is 11.3 Å². The molecule has 0 bridgehead atoms. The van der Waals surface area contributed by atoms with E-state index in [2.05, 4.69) is 33.0 Å². The molecule has 0 saturated carbocycles. The average molecular weight is 479 g/mol. The summed E-state index contributed by atoms with van der Waals surface area (Å²) < 4.78 is 38.6. The summed E-state index contributed by atoms with van der Waals surface area (Å²) in [6.07, 6.45) is -3.04. The number of nitrogens with one attached hydrogen (secondary N) is 1. The lowest BCUT2D eigenvalue weighted by Gasteiger charge is -2.25. The van der Waals surface area contributed by atoms with Gasteiger partial charge in [0, 0.05) is 17.8 Å². The van der Waals surface area contributed by atoms with Crippen molar-refractivity contribution in [3.05, 3.63) is 59.7 Å². The third-order valence-electron chi connectivity index (χ3n) is 5.31. The molecule has 8 heteroatoms. The number of benzene rings is 2. The summed E-state index contributed by atoms with van der Waals surface area (Å²) in [6, 6.07) is 11.9. The zero-order valence-electron chi connectivity index (χ0n) is 19.2. The van der Waals surface area contributed by atoms with Gasteiger partial charge >= 0.3 is 6.18 Å². The van der Waals surface area contributed by atoms with Crippen LogP contribution in [-0.4, -0.2) is 17.6 Å². The Bertz CT molecular complexity index is 983. The van der Waals surface area contributed by atoms with E-state index in [9.17, 15) is 22.8 Å². The topological polar surface area (TPSA) is 49.4 Å². The Balaban J connectivity index is 1.68. The van der Waals surface area contributed by atoms with E-state index >= 15 is 0 Å². The molecule has 0 radical (unpaired) electrons. The fourth-order valence-corrected chi connectivity index (χ4v) is 5.32. The lowest BCUT2D eigenvalue weighted by molar-refractivity contribution is -0.137. The highest BCUT2D eigenvalue weighted by Gasteiger charge is 2.35. The molecule has 1 fully saturated rings. The lowest BCUT2D eigenvalue weighted by atomic mass is 9.84. The van der Waals surface area contributed by atoms with Crippen molar-refractivity contribution in [3.8, 4) is 0 Å².